The number of hydrogen-bond acceptors (Lipinski definition) is 1. The lowest BCUT2D eigenvalue weighted by Gasteiger charge is -2.10. The number of rotatable bonds is 3. The van der Waals surface area contributed by atoms with Gasteiger partial charge in [-0.25, -0.2) is 4.39 Å². The van der Waals surface area contributed by atoms with Crippen molar-refractivity contribution >= 4 is 0 Å². The number of hydrogen-bond donors (Lipinski definition) is 1. The summed E-state index contributed by atoms with van der Waals surface area (Å²) in [5, 5.41) is 8.97. The maximum atomic E-state index is 13.4. The van der Waals surface area contributed by atoms with Crippen LogP contribution in [0.3, 0.4) is 0 Å². The molecule has 0 bridgehead atoms. The van der Waals surface area contributed by atoms with Crippen LogP contribution in [0.25, 0.3) is 0 Å². The van der Waals surface area contributed by atoms with E-state index in [-0.39, 0.29) is 12.4 Å². The largest absolute Gasteiger partial charge is 0.395 e. The number of halogens is 1. The quantitative estimate of drug-likeness (QED) is 0.782. The number of aliphatic hydroxyl groups is 1. The van der Waals surface area contributed by atoms with E-state index in [0.29, 0.717) is 5.92 Å². The fourth-order valence-electron chi connectivity index (χ4n) is 1.61. The van der Waals surface area contributed by atoms with Gasteiger partial charge in [0.2, 0.25) is 0 Å². The molecule has 14 heavy (non-hydrogen) atoms. The monoisotopic (exact) mass is 193 g/mol. The molecule has 2 rings (SSSR count). The molecule has 0 amide bonds. The maximum absolute atomic E-state index is 13.4. The van der Waals surface area contributed by atoms with Crippen LogP contribution in [-0.4, -0.2) is 11.7 Å². The van der Waals surface area contributed by atoms with Gasteiger partial charge in [0.1, 0.15) is 5.82 Å². The SMILES string of the molecule is C[C](CO)c1ccc(F)c(C2CC2)c1. The van der Waals surface area contributed by atoms with Crippen molar-refractivity contribution in [2.24, 2.45) is 0 Å². The van der Waals surface area contributed by atoms with E-state index in [1.165, 1.54) is 6.07 Å². The van der Waals surface area contributed by atoms with Crippen LogP contribution in [0.1, 0.15) is 36.8 Å². The molecule has 75 valence electrons. The molecule has 1 aromatic rings. The zero-order valence-corrected chi connectivity index (χ0v) is 8.26. The summed E-state index contributed by atoms with van der Waals surface area (Å²) in [6.07, 6.45) is 2.19. The van der Waals surface area contributed by atoms with Gasteiger partial charge in [-0.05, 0) is 36.0 Å². The lowest BCUT2D eigenvalue weighted by molar-refractivity contribution is 0.315. The molecule has 1 nitrogen and oxygen atoms in total. The Morgan fingerprint density at radius 3 is 2.79 bits per heavy atom. The third-order valence-corrected chi connectivity index (χ3v) is 2.74. The van der Waals surface area contributed by atoms with Crippen LogP contribution in [0.4, 0.5) is 4.39 Å². The predicted octanol–water partition coefficient (Wildman–Crippen LogP) is 2.64. The van der Waals surface area contributed by atoms with Crippen LogP contribution in [0.15, 0.2) is 18.2 Å². The van der Waals surface area contributed by atoms with Gasteiger partial charge in [0.25, 0.3) is 0 Å². The van der Waals surface area contributed by atoms with E-state index in [0.717, 1.165) is 29.9 Å². The van der Waals surface area contributed by atoms with E-state index in [2.05, 4.69) is 0 Å². The Morgan fingerprint density at radius 2 is 2.21 bits per heavy atom. The molecule has 1 radical (unpaired) electrons. The summed E-state index contributed by atoms with van der Waals surface area (Å²) in [4.78, 5) is 0. The lowest BCUT2D eigenvalue weighted by Crippen LogP contribution is -2.01. The molecule has 0 aromatic heterocycles. The lowest BCUT2D eigenvalue weighted by atomic mass is 9.98. The highest BCUT2D eigenvalue weighted by molar-refractivity contribution is 5.37. The summed E-state index contributed by atoms with van der Waals surface area (Å²) in [6.45, 7) is 1.90. The molecule has 0 saturated heterocycles. The zero-order chi connectivity index (χ0) is 10.1. The van der Waals surface area contributed by atoms with Crippen LogP contribution in [-0.2, 0) is 0 Å². The first kappa shape index (κ1) is 9.66. The highest BCUT2D eigenvalue weighted by Gasteiger charge is 2.26. The van der Waals surface area contributed by atoms with Gasteiger partial charge >= 0.3 is 0 Å². The molecule has 0 aliphatic heterocycles. The van der Waals surface area contributed by atoms with E-state index < -0.39 is 0 Å². The van der Waals surface area contributed by atoms with Crippen molar-refractivity contribution in [3.63, 3.8) is 0 Å². The van der Waals surface area contributed by atoms with Crippen LogP contribution in [0, 0.1) is 11.7 Å². The van der Waals surface area contributed by atoms with Crippen molar-refractivity contribution in [3.8, 4) is 0 Å². The average Bonchev–Trinajstić information content (AvgIpc) is 3.01. The van der Waals surface area contributed by atoms with E-state index in [9.17, 15) is 4.39 Å². The normalized spacial score (nSPS) is 16.3. The minimum atomic E-state index is -0.109. The predicted molar refractivity (Wildman–Crippen MR) is 53.5 cm³/mol. The molecule has 1 saturated carbocycles. The Hall–Kier alpha value is -0.890. The van der Waals surface area contributed by atoms with Gasteiger partial charge in [-0.2, -0.15) is 0 Å². The van der Waals surface area contributed by atoms with Crippen molar-refractivity contribution in [1.82, 2.24) is 0 Å². The first-order valence-corrected chi connectivity index (χ1v) is 4.95. The van der Waals surface area contributed by atoms with Crippen LogP contribution >= 0.6 is 0 Å². The molecule has 0 unspecified atom stereocenters. The second-order valence-corrected chi connectivity index (χ2v) is 3.95. The van der Waals surface area contributed by atoms with E-state index in [4.69, 9.17) is 5.11 Å². The highest BCUT2D eigenvalue weighted by Crippen LogP contribution is 2.41. The van der Waals surface area contributed by atoms with Gasteiger partial charge in [-0.3, -0.25) is 0 Å². The van der Waals surface area contributed by atoms with Gasteiger partial charge in [0, 0.05) is 5.92 Å². The third kappa shape index (κ3) is 1.80. The minimum Gasteiger partial charge on any atom is -0.395 e. The highest BCUT2D eigenvalue weighted by atomic mass is 19.1. The third-order valence-electron chi connectivity index (χ3n) is 2.74. The first-order valence-electron chi connectivity index (χ1n) is 4.95. The second-order valence-electron chi connectivity index (χ2n) is 3.95. The van der Waals surface area contributed by atoms with Crippen LogP contribution in [0.2, 0.25) is 0 Å². The van der Waals surface area contributed by atoms with Crippen LogP contribution < -0.4 is 0 Å². The van der Waals surface area contributed by atoms with Crippen molar-refractivity contribution in [3.05, 3.63) is 41.1 Å². The van der Waals surface area contributed by atoms with Crippen molar-refractivity contribution in [2.75, 3.05) is 6.61 Å². The Labute approximate surface area is 83.6 Å². The van der Waals surface area contributed by atoms with E-state index in [1.807, 2.05) is 13.0 Å². The summed E-state index contributed by atoms with van der Waals surface area (Å²) in [7, 11) is 0. The molecular weight excluding hydrogens is 179 g/mol. The summed E-state index contributed by atoms with van der Waals surface area (Å²) in [5.74, 6) is 1.20. The Kier molecular flexibility index (Phi) is 2.55. The van der Waals surface area contributed by atoms with E-state index >= 15 is 0 Å². The summed E-state index contributed by atoms with van der Waals surface area (Å²) in [5.41, 5.74) is 1.77. The molecule has 0 heterocycles. The first-order chi connectivity index (χ1) is 6.72. The van der Waals surface area contributed by atoms with Gasteiger partial charge in [0.15, 0.2) is 0 Å². The molecule has 0 spiro atoms. The minimum absolute atomic E-state index is 0.0374. The van der Waals surface area contributed by atoms with Crippen molar-refractivity contribution < 1.29 is 9.50 Å². The van der Waals surface area contributed by atoms with E-state index in [1.54, 1.807) is 6.07 Å². The molecule has 1 N–H and O–H groups in total. The zero-order valence-electron chi connectivity index (χ0n) is 8.26. The standard InChI is InChI=1S/C12H14FO/c1-8(7-14)10-4-5-12(13)11(6-10)9-2-3-9/h4-6,9,14H,2-3,7H2,1H3. The fourth-order valence-corrected chi connectivity index (χ4v) is 1.61. The molecule has 1 aliphatic rings. The van der Waals surface area contributed by atoms with Gasteiger partial charge in [0.05, 0.1) is 6.61 Å². The molecule has 1 aliphatic carbocycles. The second kappa shape index (κ2) is 3.70. The Balaban J connectivity index is 2.30. The smallest absolute Gasteiger partial charge is 0.126 e. The summed E-state index contributed by atoms with van der Waals surface area (Å²) < 4.78 is 13.4. The Bertz CT molecular complexity index is 331. The molecular formula is C12H14FO. The van der Waals surface area contributed by atoms with Crippen molar-refractivity contribution in [1.29, 1.82) is 0 Å². The summed E-state index contributed by atoms with van der Waals surface area (Å²) in [6, 6.07) is 5.10. The Morgan fingerprint density at radius 1 is 1.50 bits per heavy atom. The summed E-state index contributed by atoms with van der Waals surface area (Å²) >= 11 is 0. The van der Waals surface area contributed by atoms with Gasteiger partial charge < -0.3 is 5.11 Å². The molecule has 1 aromatic carbocycles. The van der Waals surface area contributed by atoms with Crippen molar-refractivity contribution in [2.45, 2.75) is 25.7 Å². The molecule has 1 fully saturated rings. The van der Waals surface area contributed by atoms with Gasteiger partial charge in [-0.1, -0.05) is 19.1 Å². The topological polar surface area (TPSA) is 20.2 Å². The van der Waals surface area contributed by atoms with Crippen LogP contribution in [0.5, 0.6) is 0 Å². The number of benzene rings is 1. The molecule has 0 atom stereocenters. The molecule has 2 heteroatoms. The maximum Gasteiger partial charge on any atom is 0.126 e. The van der Waals surface area contributed by atoms with Gasteiger partial charge in [-0.15, -0.1) is 0 Å². The average molecular weight is 193 g/mol. The fraction of sp³-hybridized carbons (Fsp3) is 0.417. The number of aliphatic hydroxyl groups excluding tert-OH is 1.